The van der Waals surface area contributed by atoms with Crippen molar-refractivity contribution in [2.45, 2.75) is 96.2 Å². The van der Waals surface area contributed by atoms with Gasteiger partial charge in [0.15, 0.2) is 5.60 Å². The highest BCUT2D eigenvalue weighted by Crippen LogP contribution is 2.61. The second-order valence-electron chi connectivity index (χ2n) is 12.3. The van der Waals surface area contributed by atoms with Crippen LogP contribution in [0.2, 0.25) is 0 Å². The molecule has 4 N–H and O–H groups in total. The summed E-state index contributed by atoms with van der Waals surface area (Å²) >= 11 is 0. The van der Waals surface area contributed by atoms with Crippen molar-refractivity contribution in [3.63, 3.8) is 0 Å². The highest BCUT2D eigenvalue weighted by atomic mass is 19.1. The lowest BCUT2D eigenvalue weighted by atomic mass is 9.49. The molecule has 2 saturated carbocycles. The van der Waals surface area contributed by atoms with Crippen molar-refractivity contribution in [2.75, 3.05) is 13.2 Å². The summed E-state index contributed by atoms with van der Waals surface area (Å²) in [5.74, 6) is -2.37. The fraction of sp³-hybridized carbons (Fsp3) is 0.667. The predicted molar refractivity (Wildman–Crippen MR) is 142 cm³/mol. The van der Waals surface area contributed by atoms with E-state index in [0.717, 1.165) is 0 Å². The number of fused-ring (bicyclic) bond motifs is 3. The van der Waals surface area contributed by atoms with E-state index in [-0.39, 0.29) is 43.6 Å². The van der Waals surface area contributed by atoms with Gasteiger partial charge >= 0.3 is 11.9 Å². The van der Waals surface area contributed by atoms with Gasteiger partial charge in [-0.2, -0.15) is 0 Å². The smallest absolute Gasteiger partial charge is 0.338 e. The number of benzene rings is 1. The van der Waals surface area contributed by atoms with Crippen LogP contribution in [0.15, 0.2) is 41.5 Å². The normalized spacial score (nSPS) is 38.9. The van der Waals surface area contributed by atoms with Crippen molar-refractivity contribution >= 4 is 11.9 Å². The summed E-state index contributed by atoms with van der Waals surface area (Å²) in [6.45, 7) is 7.49. The number of rotatable bonds is 6. The summed E-state index contributed by atoms with van der Waals surface area (Å²) < 4.78 is 34.0. The van der Waals surface area contributed by atoms with Crippen LogP contribution in [0.3, 0.4) is 0 Å². The SMILES string of the molecule is CC(=O)O[C@@]12CO[C@@H]1C[C@@H](F)[C@@]1(C)[C@H](O)[C@H](O)/C(=C(\C)[C@@H](O)CCO)C(C)(C)C[C@@H](OC(=O)c3ccccc3)[C@H]21. The van der Waals surface area contributed by atoms with Crippen LogP contribution in [0.1, 0.15) is 64.2 Å². The van der Waals surface area contributed by atoms with Gasteiger partial charge in [-0.3, -0.25) is 4.79 Å². The number of carbonyl (C=O) groups is 2. The zero-order valence-electron chi connectivity index (χ0n) is 23.7. The van der Waals surface area contributed by atoms with Gasteiger partial charge in [-0.1, -0.05) is 39.0 Å². The molecule has 9 nitrogen and oxygen atoms in total. The van der Waals surface area contributed by atoms with E-state index in [1.54, 1.807) is 51.1 Å². The zero-order chi connectivity index (χ0) is 29.6. The molecule has 0 radical (unpaired) electrons. The molecule has 3 fully saturated rings. The minimum atomic E-state index is -1.75. The van der Waals surface area contributed by atoms with Crippen LogP contribution < -0.4 is 0 Å². The van der Waals surface area contributed by atoms with Gasteiger partial charge in [-0.05, 0) is 42.0 Å². The summed E-state index contributed by atoms with van der Waals surface area (Å²) in [5.41, 5.74) is -3.25. The summed E-state index contributed by atoms with van der Waals surface area (Å²) in [6, 6.07) is 8.30. The van der Waals surface area contributed by atoms with E-state index in [1.165, 1.54) is 13.8 Å². The molecule has 0 amide bonds. The van der Waals surface area contributed by atoms with Crippen LogP contribution in [0.5, 0.6) is 0 Å². The maximum Gasteiger partial charge on any atom is 0.338 e. The molecule has 1 aliphatic heterocycles. The number of halogens is 1. The first-order valence-corrected chi connectivity index (χ1v) is 13.8. The van der Waals surface area contributed by atoms with Crippen LogP contribution in [-0.4, -0.2) is 87.9 Å². The topological polar surface area (TPSA) is 143 Å². The number of ether oxygens (including phenoxy) is 3. The lowest BCUT2D eigenvalue weighted by Crippen LogP contribution is -2.78. The molecule has 2 aliphatic carbocycles. The summed E-state index contributed by atoms with van der Waals surface area (Å²) in [6.07, 6.45) is -8.24. The molecule has 1 aromatic rings. The number of esters is 2. The van der Waals surface area contributed by atoms with E-state index in [4.69, 9.17) is 14.2 Å². The fourth-order valence-corrected chi connectivity index (χ4v) is 7.40. The minimum absolute atomic E-state index is 0.000854. The van der Waals surface area contributed by atoms with Crippen LogP contribution in [0.4, 0.5) is 4.39 Å². The van der Waals surface area contributed by atoms with Gasteiger partial charge in [0.2, 0.25) is 0 Å². The Kier molecular flexibility index (Phi) is 8.51. The number of hydrogen-bond donors (Lipinski definition) is 4. The predicted octanol–water partition coefficient (Wildman–Crippen LogP) is 2.49. The quantitative estimate of drug-likeness (QED) is 0.303. The molecule has 0 spiro atoms. The third-order valence-corrected chi connectivity index (χ3v) is 9.32. The molecule has 1 saturated heterocycles. The largest absolute Gasteiger partial charge is 0.458 e. The minimum Gasteiger partial charge on any atom is -0.458 e. The van der Waals surface area contributed by atoms with Crippen molar-refractivity contribution < 1.29 is 48.6 Å². The van der Waals surface area contributed by atoms with E-state index < -0.39 is 71.0 Å². The average molecular weight is 565 g/mol. The third-order valence-electron chi connectivity index (χ3n) is 9.32. The molecule has 40 heavy (non-hydrogen) atoms. The Morgan fingerprint density at radius 3 is 2.35 bits per heavy atom. The van der Waals surface area contributed by atoms with Crippen molar-refractivity contribution in [2.24, 2.45) is 16.7 Å². The van der Waals surface area contributed by atoms with Gasteiger partial charge in [0.1, 0.15) is 24.5 Å². The molecule has 1 heterocycles. The highest BCUT2D eigenvalue weighted by Gasteiger charge is 2.73. The Morgan fingerprint density at radius 1 is 1.15 bits per heavy atom. The number of alkyl halides is 1. The van der Waals surface area contributed by atoms with Crippen molar-refractivity contribution in [3.8, 4) is 0 Å². The van der Waals surface area contributed by atoms with E-state index in [1.807, 2.05) is 0 Å². The first-order valence-electron chi connectivity index (χ1n) is 13.8. The van der Waals surface area contributed by atoms with Crippen molar-refractivity contribution in [3.05, 3.63) is 47.0 Å². The molecular formula is C30H41FO9. The first kappa shape index (κ1) is 30.6. The van der Waals surface area contributed by atoms with Crippen molar-refractivity contribution in [1.29, 1.82) is 0 Å². The third kappa shape index (κ3) is 4.98. The number of carbonyl (C=O) groups excluding carboxylic acids is 2. The van der Waals surface area contributed by atoms with E-state index >= 15 is 4.39 Å². The molecule has 10 heteroatoms. The van der Waals surface area contributed by atoms with Gasteiger partial charge in [0.25, 0.3) is 0 Å². The molecule has 3 aliphatic rings. The zero-order valence-corrected chi connectivity index (χ0v) is 23.7. The second kappa shape index (κ2) is 11.1. The molecule has 222 valence electrons. The number of hydrogen-bond acceptors (Lipinski definition) is 9. The second-order valence-corrected chi connectivity index (χ2v) is 12.3. The average Bonchev–Trinajstić information content (AvgIpc) is 2.88. The van der Waals surface area contributed by atoms with Gasteiger partial charge < -0.3 is 34.6 Å². The number of aliphatic hydroxyl groups is 4. The lowest BCUT2D eigenvalue weighted by Gasteiger charge is -2.65. The van der Waals surface area contributed by atoms with E-state index in [0.29, 0.717) is 5.57 Å². The van der Waals surface area contributed by atoms with Gasteiger partial charge in [0.05, 0.1) is 30.3 Å². The molecule has 9 atom stereocenters. The Hall–Kier alpha value is -2.37. The van der Waals surface area contributed by atoms with Crippen molar-refractivity contribution in [1.82, 2.24) is 0 Å². The van der Waals surface area contributed by atoms with Crippen LogP contribution in [0.25, 0.3) is 0 Å². The lowest BCUT2D eigenvalue weighted by molar-refractivity contribution is -0.343. The van der Waals surface area contributed by atoms with Gasteiger partial charge in [-0.15, -0.1) is 0 Å². The summed E-state index contributed by atoms with van der Waals surface area (Å²) in [4.78, 5) is 25.8. The van der Waals surface area contributed by atoms with Gasteiger partial charge in [-0.25, -0.2) is 9.18 Å². The molecular weight excluding hydrogens is 523 g/mol. The molecule has 4 rings (SSSR count). The van der Waals surface area contributed by atoms with Gasteiger partial charge in [0, 0.05) is 31.8 Å². The first-order chi connectivity index (χ1) is 18.7. The van der Waals surface area contributed by atoms with Crippen LogP contribution in [0, 0.1) is 16.7 Å². The summed E-state index contributed by atoms with van der Waals surface area (Å²) in [5, 5.41) is 43.7. The molecule has 0 unspecified atom stereocenters. The Labute approximate surface area is 233 Å². The van der Waals surface area contributed by atoms with Crippen LogP contribution >= 0.6 is 0 Å². The van der Waals surface area contributed by atoms with E-state index in [9.17, 15) is 30.0 Å². The standard InChI is InChI=1S/C30H41FO9/c1-16(19(34)11-12-32)23-24(35)26(36)29(5)21(31)13-22-30(15-38-22,40-17(2)33)25(29)20(14-28(23,3)4)39-27(37)18-9-7-6-8-10-18/h6-10,19-22,24-26,32,34-36H,11-15H2,1-5H3/b23-16-/t19-,20+,21+,22+,24+,25-,26+,29+,30-/m0/s1. The van der Waals surface area contributed by atoms with E-state index in [2.05, 4.69) is 0 Å². The monoisotopic (exact) mass is 564 g/mol. The van der Waals surface area contributed by atoms with Crippen LogP contribution in [-0.2, 0) is 19.0 Å². The summed E-state index contributed by atoms with van der Waals surface area (Å²) in [7, 11) is 0. The maximum absolute atomic E-state index is 16.3. The molecule has 0 bridgehead atoms. The Balaban J connectivity index is 1.93. The molecule has 1 aromatic carbocycles. The Bertz CT molecular complexity index is 1140. The Morgan fingerprint density at radius 2 is 1.80 bits per heavy atom. The highest BCUT2D eigenvalue weighted by molar-refractivity contribution is 5.89. The fourth-order valence-electron chi connectivity index (χ4n) is 7.40. The number of aliphatic hydroxyl groups excluding tert-OH is 4. The molecule has 0 aromatic heterocycles. The maximum atomic E-state index is 16.3.